The SMILES string of the molecule is CC[CH]C(=O)Oc1ccc(C(=O)OC)cc1[N+](=O)[O-]. The average Bonchev–Trinajstić information content (AvgIpc) is 2.38. The second-order valence-corrected chi connectivity index (χ2v) is 3.46. The summed E-state index contributed by atoms with van der Waals surface area (Å²) in [4.78, 5) is 32.7. The van der Waals surface area contributed by atoms with Crippen molar-refractivity contribution in [2.75, 3.05) is 7.11 Å². The number of methoxy groups -OCH3 is 1. The highest BCUT2D eigenvalue weighted by atomic mass is 16.6. The summed E-state index contributed by atoms with van der Waals surface area (Å²) in [6.07, 6.45) is 1.70. The summed E-state index contributed by atoms with van der Waals surface area (Å²) in [6, 6.07) is 3.47. The third-order valence-corrected chi connectivity index (χ3v) is 2.16. The lowest BCUT2D eigenvalue weighted by molar-refractivity contribution is -0.385. The van der Waals surface area contributed by atoms with Crippen molar-refractivity contribution in [1.29, 1.82) is 0 Å². The van der Waals surface area contributed by atoms with Crippen molar-refractivity contribution in [2.24, 2.45) is 0 Å². The fraction of sp³-hybridized carbons (Fsp3) is 0.250. The molecule has 7 heteroatoms. The van der Waals surface area contributed by atoms with Crippen LogP contribution in [0.25, 0.3) is 0 Å². The number of nitrogens with zero attached hydrogens (tertiary/aromatic N) is 1. The van der Waals surface area contributed by atoms with E-state index in [1.54, 1.807) is 6.92 Å². The van der Waals surface area contributed by atoms with Crippen molar-refractivity contribution in [3.8, 4) is 5.75 Å². The molecule has 0 atom stereocenters. The van der Waals surface area contributed by atoms with E-state index in [9.17, 15) is 19.7 Å². The van der Waals surface area contributed by atoms with E-state index >= 15 is 0 Å². The molecular formula is C12H12NO6. The van der Waals surface area contributed by atoms with Crippen molar-refractivity contribution < 1.29 is 24.0 Å². The number of carbonyl (C=O) groups is 2. The molecule has 7 nitrogen and oxygen atoms in total. The molecule has 19 heavy (non-hydrogen) atoms. The maximum atomic E-state index is 11.3. The van der Waals surface area contributed by atoms with Crippen LogP contribution in [-0.4, -0.2) is 24.0 Å². The second kappa shape index (κ2) is 6.48. The average molecular weight is 266 g/mol. The molecule has 0 saturated carbocycles. The normalized spacial score (nSPS) is 9.79. The number of benzene rings is 1. The first kappa shape index (κ1) is 14.6. The van der Waals surface area contributed by atoms with Gasteiger partial charge in [-0.05, 0) is 18.6 Å². The molecule has 1 rings (SSSR count). The van der Waals surface area contributed by atoms with Gasteiger partial charge in [-0.25, -0.2) is 4.79 Å². The Bertz CT molecular complexity index is 511. The lowest BCUT2D eigenvalue weighted by atomic mass is 10.2. The van der Waals surface area contributed by atoms with Crippen LogP contribution < -0.4 is 4.74 Å². The first-order valence-electron chi connectivity index (χ1n) is 5.41. The summed E-state index contributed by atoms with van der Waals surface area (Å²) in [5, 5.41) is 10.9. The minimum atomic E-state index is -0.735. The molecule has 0 N–H and O–H groups in total. The zero-order valence-electron chi connectivity index (χ0n) is 10.4. The molecule has 0 heterocycles. The van der Waals surface area contributed by atoms with Crippen molar-refractivity contribution in [1.82, 2.24) is 0 Å². The summed E-state index contributed by atoms with van der Waals surface area (Å²) in [5.74, 6) is -1.61. The predicted molar refractivity (Wildman–Crippen MR) is 64.7 cm³/mol. The fourth-order valence-electron chi connectivity index (χ4n) is 1.31. The van der Waals surface area contributed by atoms with Crippen LogP contribution in [0.2, 0.25) is 0 Å². The van der Waals surface area contributed by atoms with Crippen LogP contribution >= 0.6 is 0 Å². The number of nitro groups is 1. The Balaban J connectivity index is 3.08. The number of nitro benzene ring substituents is 1. The lowest BCUT2D eigenvalue weighted by Gasteiger charge is -2.05. The summed E-state index contributed by atoms with van der Waals surface area (Å²) in [5.41, 5.74) is -0.464. The third kappa shape index (κ3) is 3.77. The molecule has 0 unspecified atom stereocenters. The Morgan fingerprint density at radius 3 is 2.63 bits per heavy atom. The van der Waals surface area contributed by atoms with Gasteiger partial charge in [0.25, 0.3) is 0 Å². The molecule has 1 aromatic rings. The summed E-state index contributed by atoms with van der Waals surface area (Å²) in [7, 11) is 1.16. The highest BCUT2D eigenvalue weighted by molar-refractivity contribution is 5.91. The van der Waals surface area contributed by atoms with Gasteiger partial charge in [0.05, 0.1) is 24.0 Å². The van der Waals surface area contributed by atoms with Gasteiger partial charge in [0, 0.05) is 6.07 Å². The molecule has 1 aromatic carbocycles. The number of esters is 2. The maximum Gasteiger partial charge on any atom is 0.338 e. The molecule has 0 aliphatic carbocycles. The Hall–Kier alpha value is -2.44. The standard InChI is InChI=1S/C12H12NO6/c1-3-4-11(14)19-10-6-5-8(12(15)18-2)7-9(10)13(16)17/h4-7H,3H2,1-2H3. The molecule has 0 amide bonds. The predicted octanol–water partition coefficient (Wildman–Crippen LogP) is 1.90. The van der Waals surface area contributed by atoms with Gasteiger partial charge in [-0.1, -0.05) is 6.92 Å². The van der Waals surface area contributed by atoms with E-state index in [4.69, 9.17) is 4.74 Å². The molecule has 0 bridgehead atoms. The van der Waals surface area contributed by atoms with Crippen LogP contribution in [0.3, 0.4) is 0 Å². The zero-order valence-corrected chi connectivity index (χ0v) is 10.4. The van der Waals surface area contributed by atoms with Gasteiger partial charge in [-0.15, -0.1) is 0 Å². The number of hydrogen-bond acceptors (Lipinski definition) is 6. The summed E-state index contributed by atoms with van der Waals surface area (Å²) < 4.78 is 9.28. The minimum Gasteiger partial charge on any atom is -0.465 e. The van der Waals surface area contributed by atoms with Gasteiger partial charge in [-0.3, -0.25) is 14.9 Å². The summed E-state index contributed by atoms with van der Waals surface area (Å²) >= 11 is 0. The Morgan fingerprint density at radius 1 is 1.42 bits per heavy atom. The van der Waals surface area contributed by atoms with E-state index < -0.39 is 22.5 Å². The van der Waals surface area contributed by atoms with Crippen LogP contribution in [0.5, 0.6) is 5.75 Å². The Kier molecular flexibility index (Phi) is 4.99. The van der Waals surface area contributed by atoms with Gasteiger partial charge in [-0.2, -0.15) is 0 Å². The van der Waals surface area contributed by atoms with E-state index in [1.807, 2.05) is 0 Å². The van der Waals surface area contributed by atoms with Crippen LogP contribution in [0.1, 0.15) is 23.7 Å². The van der Waals surface area contributed by atoms with Crippen molar-refractivity contribution in [2.45, 2.75) is 13.3 Å². The van der Waals surface area contributed by atoms with Crippen LogP contribution in [-0.2, 0) is 9.53 Å². The molecule has 101 valence electrons. The summed E-state index contributed by atoms with van der Waals surface area (Å²) in [6.45, 7) is 1.73. The van der Waals surface area contributed by atoms with E-state index in [0.717, 1.165) is 13.2 Å². The minimum absolute atomic E-state index is 0.00784. The second-order valence-electron chi connectivity index (χ2n) is 3.46. The van der Waals surface area contributed by atoms with Gasteiger partial charge in [0.2, 0.25) is 5.75 Å². The third-order valence-electron chi connectivity index (χ3n) is 2.16. The Labute approximate surface area is 109 Å². The van der Waals surface area contributed by atoms with Gasteiger partial charge in [0.1, 0.15) is 0 Å². The number of rotatable bonds is 5. The fourth-order valence-corrected chi connectivity index (χ4v) is 1.31. The number of hydrogen-bond donors (Lipinski definition) is 0. The molecule has 0 aliphatic heterocycles. The molecule has 1 radical (unpaired) electrons. The monoisotopic (exact) mass is 266 g/mol. The van der Waals surface area contributed by atoms with Gasteiger partial charge < -0.3 is 9.47 Å². The van der Waals surface area contributed by atoms with Crippen molar-refractivity contribution in [3.05, 3.63) is 40.3 Å². The van der Waals surface area contributed by atoms with E-state index in [0.29, 0.717) is 6.42 Å². The smallest absolute Gasteiger partial charge is 0.338 e. The van der Waals surface area contributed by atoms with Crippen molar-refractivity contribution in [3.63, 3.8) is 0 Å². The molecule has 0 fully saturated rings. The molecule has 0 saturated heterocycles. The van der Waals surface area contributed by atoms with E-state index in [2.05, 4.69) is 4.74 Å². The molecular weight excluding hydrogens is 254 g/mol. The first-order chi connectivity index (χ1) is 8.99. The van der Waals surface area contributed by atoms with Crippen LogP contribution in [0, 0.1) is 16.5 Å². The number of ether oxygens (including phenoxy) is 2. The van der Waals surface area contributed by atoms with E-state index in [-0.39, 0.29) is 11.3 Å². The molecule has 0 aliphatic rings. The largest absolute Gasteiger partial charge is 0.465 e. The first-order valence-corrected chi connectivity index (χ1v) is 5.41. The quantitative estimate of drug-likeness (QED) is 0.349. The van der Waals surface area contributed by atoms with Gasteiger partial charge >= 0.3 is 17.6 Å². The zero-order chi connectivity index (χ0) is 14.4. The van der Waals surface area contributed by atoms with Crippen LogP contribution in [0.4, 0.5) is 5.69 Å². The topological polar surface area (TPSA) is 95.7 Å². The maximum absolute atomic E-state index is 11.3. The molecule has 0 aromatic heterocycles. The van der Waals surface area contributed by atoms with Crippen molar-refractivity contribution >= 4 is 17.6 Å². The number of carbonyl (C=O) groups excluding carboxylic acids is 2. The Morgan fingerprint density at radius 2 is 2.11 bits per heavy atom. The van der Waals surface area contributed by atoms with Gasteiger partial charge in [0.15, 0.2) is 0 Å². The highest BCUT2D eigenvalue weighted by Gasteiger charge is 2.21. The lowest BCUT2D eigenvalue weighted by Crippen LogP contribution is -2.10. The highest BCUT2D eigenvalue weighted by Crippen LogP contribution is 2.28. The van der Waals surface area contributed by atoms with E-state index in [1.165, 1.54) is 18.6 Å². The van der Waals surface area contributed by atoms with Crippen LogP contribution in [0.15, 0.2) is 18.2 Å². The molecule has 0 spiro atoms.